The molecule has 2 heterocycles. The molecule has 182 valence electrons. The molecule has 0 amide bonds. The summed E-state index contributed by atoms with van der Waals surface area (Å²) in [5.41, 5.74) is 8.08. The molecule has 2 nitrogen and oxygen atoms in total. The number of pyridine rings is 1. The largest absolute Gasteiger partial charge is 0.392 e. The molecular weight excluding hydrogens is 428 g/mol. The summed E-state index contributed by atoms with van der Waals surface area (Å²) in [6, 6.07) is 11.9. The van der Waals surface area contributed by atoms with Crippen LogP contribution < -0.4 is 15.1 Å². The van der Waals surface area contributed by atoms with Crippen LogP contribution >= 0.6 is 0 Å². The molecule has 1 aromatic heterocycles. The molecule has 34 heavy (non-hydrogen) atoms. The van der Waals surface area contributed by atoms with Gasteiger partial charge in [0.2, 0.25) is 5.69 Å². The molecule has 1 aliphatic rings. The van der Waals surface area contributed by atoms with E-state index < -0.39 is 8.07 Å². The summed E-state index contributed by atoms with van der Waals surface area (Å²) in [4.78, 5) is 0. The summed E-state index contributed by atoms with van der Waals surface area (Å²) in [6.45, 7) is 22.8. The minimum Gasteiger partial charge on any atom is -0.392 e. The fraction of sp³-hybridized carbons (Fsp3) is 0.452. The summed E-state index contributed by atoms with van der Waals surface area (Å²) in [5.74, 6) is 1.06. The van der Waals surface area contributed by atoms with Gasteiger partial charge in [0, 0.05) is 41.9 Å². The van der Waals surface area contributed by atoms with Gasteiger partial charge < -0.3 is 5.32 Å². The summed E-state index contributed by atoms with van der Waals surface area (Å²) >= 11 is 0. The monoisotopic (exact) mass is 473 g/mol. The lowest BCUT2D eigenvalue weighted by Gasteiger charge is -2.33. The molecule has 3 rings (SSSR count). The summed E-state index contributed by atoms with van der Waals surface area (Å²) in [7, 11) is 0.468. The Morgan fingerprint density at radius 1 is 1.18 bits per heavy atom. The Labute approximate surface area is 209 Å². The van der Waals surface area contributed by atoms with Gasteiger partial charge in [0.1, 0.15) is 0 Å². The van der Waals surface area contributed by atoms with Gasteiger partial charge in [-0.1, -0.05) is 82.6 Å². The van der Waals surface area contributed by atoms with Gasteiger partial charge in [-0.25, -0.2) is 0 Å². The predicted molar refractivity (Wildman–Crippen MR) is 151 cm³/mol. The second kappa shape index (κ2) is 10.9. The molecule has 1 N–H and O–H groups in total. The van der Waals surface area contributed by atoms with Crippen molar-refractivity contribution < 1.29 is 4.57 Å². The highest BCUT2D eigenvalue weighted by atomic mass is 28.3. The van der Waals surface area contributed by atoms with Gasteiger partial charge in [-0.15, -0.1) is 0 Å². The van der Waals surface area contributed by atoms with Crippen LogP contribution in [0.15, 0.2) is 73.1 Å². The number of fused-ring (bicyclic) bond motifs is 3. The standard InChI is InChI=1S/C31H45N2Si/c1-10-13-23(4)16-17-28-26-14-11-12-15-27(26)30-20-25(18-22(2)3)31(34(7,8)9)21-33(30)29(28)19-24(5)32-6/h10-15,20-22,28-29,32H,4-5,16-19H2,1-3,6-9H3/q+1/b13-10-. The van der Waals surface area contributed by atoms with Crippen LogP contribution in [0.25, 0.3) is 11.3 Å². The Hall–Kier alpha value is -2.39. The van der Waals surface area contributed by atoms with Crippen molar-refractivity contribution in [2.24, 2.45) is 5.92 Å². The van der Waals surface area contributed by atoms with Crippen LogP contribution in [-0.2, 0) is 6.42 Å². The topological polar surface area (TPSA) is 15.9 Å². The summed E-state index contributed by atoms with van der Waals surface area (Å²) in [5, 5.41) is 4.93. The normalized spacial score (nSPS) is 17.5. The van der Waals surface area contributed by atoms with Crippen LogP contribution in [0, 0.1) is 5.92 Å². The van der Waals surface area contributed by atoms with Crippen molar-refractivity contribution in [2.75, 3.05) is 7.05 Å². The van der Waals surface area contributed by atoms with Crippen molar-refractivity contribution in [3.63, 3.8) is 0 Å². The van der Waals surface area contributed by atoms with Crippen molar-refractivity contribution >= 4 is 13.3 Å². The lowest BCUT2D eigenvalue weighted by Crippen LogP contribution is -2.54. The molecule has 2 unspecified atom stereocenters. The first-order valence-electron chi connectivity index (χ1n) is 12.9. The van der Waals surface area contributed by atoms with Gasteiger partial charge in [0.25, 0.3) is 0 Å². The van der Waals surface area contributed by atoms with Crippen molar-refractivity contribution in [2.45, 2.75) is 78.1 Å². The van der Waals surface area contributed by atoms with Crippen molar-refractivity contribution in [3.05, 3.63) is 84.2 Å². The smallest absolute Gasteiger partial charge is 0.213 e. The maximum Gasteiger partial charge on any atom is 0.213 e. The van der Waals surface area contributed by atoms with Gasteiger partial charge in [-0.05, 0) is 49.3 Å². The number of hydrogen-bond acceptors (Lipinski definition) is 1. The highest BCUT2D eigenvalue weighted by Crippen LogP contribution is 2.43. The fourth-order valence-corrected chi connectivity index (χ4v) is 7.11. The number of aromatic nitrogens is 1. The molecule has 0 fully saturated rings. The molecule has 2 aromatic rings. The first-order valence-corrected chi connectivity index (χ1v) is 16.4. The molecule has 0 saturated carbocycles. The van der Waals surface area contributed by atoms with E-state index in [-0.39, 0.29) is 0 Å². The third kappa shape index (κ3) is 5.80. The molecule has 0 bridgehead atoms. The highest BCUT2D eigenvalue weighted by Gasteiger charge is 2.41. The quantitative estimate of drug-likeness (QED) is 0.222. The summed E-state index contributed by atoms with van der Waals surface area (Å²) in [6.07, 6.45) is 10.9. The van der Waals surface area contributed by atoms with E-state index in [1.54, 1.807) is 10.8 Å². The van der Waals surface area contributed by atoms with Gasteiger partial charge in [-0.2, -0.15) is 4.57 Å². The summed E-state index contributed by atoms with van der Waals surface area (Å²) < 4.78 is 2.62. The maximum atomic E-state index is 4.34. The zero-order chi connectivity index (χ0) is 25.0. The van der Waals surface area contributed by atoms with Crippen LogP contribution in [0.3, 0.4) is 0 Å². The molecule has 1 aliphatic heterocycles. The Kier molecular flexibility index (Phi) is 8.41. The molecule has 0 radical (unpaired) electrons. The second-order valence-electron chi connectivity index (χ2n) is 11.4. The molecule has 1 aromatic carbocycles. The number of nitrogens with one attached hydrogen (secondary N) is 1. The van der Waals surface area contributed by atoms with Crippen LogP contribution in [0.2, 0.25) is 19.6 Å². The molecule has 0 spiro atoms. The van der Waals surface area contributed by atoms with E-state index in [1.807, 2.05) is 7.05 Å². The second-order valence-corrected chi connectivity index (χ2v) is 16.4. The minimum absolute atomic E-state index is 0.339. The van der Waals surface area contributed by atoms with E-state index in [9.17, 15) is 0 Å². The van der Waals surface area contributed by atoms with E-state index in [2.05, 4.69) is 112 Å². The third-order valence-corrected chi connectivity index (χ3v) is 9.15. The first kappa shape index (κ1) is 26.2. The Balaban J connectivity index is 2.23. The predicted octanol–water partition coefficient (Wildman–Crippen LogP) is 7.06. The molecule has 0 saturated heterocycles. The molecular formula is C31H45N2Si+. The number of nitrogens with zero attached hydrogens (tertiary/aromatic N) is 1. The van der Waals surface area contributed by atoms with E-state index >= 15 is 0 Å². The van der Waals surface area contributed by atoms with Crippen LogP contribution in [0.4, 0.5) is 0 Å². The van der Waals surface area contributed by atoms with Gasteiger partial charge in [0.15, 0.2) is 12.2 Å². The Morgan fingerprint density at radius 3 is 2.50 bits per heavy atom. The zero-order valence-electron chi connectivity index (χ0n) is 22.5. The Bertz CT molecular complexity index is 1070. The average molecular weight is 474 g/mol. The van der Waals surface area contributed by atoms with E-state index in [0.29, 0.717) is 17.9 Å². The van der Waals surface area contributed by atoms with Crippen molar-refractivity contribution in [1.82, 2.24) is 5.32 Å². The molecule has 3 heteroatoms. The van der Waals surface area contributed by atoms with Gasteiger partial charge in [0.05, 0.1) is 8.07 Å². The number of rotatable bonds is 10. The third-order valence-electron chi connectivity index (χ3n) is 7.09. The fourth-order valence-electron chi connectivity index (χ4n) is 5.44. The highest BCUT2D eigenvalue weighted by molar-refractivity contribution is 6.89. The first-order chi connectivity index (χ1) is 16.1. The number of allylic oxidation sites excluding steroid dienone is 4. The van der Waals surface area contributed by atoms with Crippen LogP contribution in [0.5, 0.6) is 0 Å². The Morgan fingerprint density at radius 2 is 1.88 bits per heavy atom. The van der Waals surface area contributed by atoms with Crippen LogP contribution in [-0.4, -0.2) is 15.1 Å². The van der Waals surface area contributed by atoms with E-state index in [4.69, 9.17) is 0 Å². The van der Waals surface area contributed by atoms with E-state index in [0.717, 1.165) is 31.4 Å². The van der Waals surface area contributed by atoms with Crippen LogP contribution in [0.1, 0.15) is 63.1 Å². The van der Waals surface area contributed by atoms with E-state index in [1.165, 1.54) is 22.4 Å². The zero-order valence-corrected chi connectivity index (χ0v) is 23.5. The molecule has 2 atom stereocenters. The minimum atomic E-state index is -1.52. The average Bonchev–Trinajstić information content (AvgIpc) is 2.77. The van der Waals surface area contributed by atoms with Crippen molar-refractivity contribution in [3.8, 4) is 11.3 Å². The SMILES string of the molecule is C=C(/C=C\C)CCC1c2ccccc2-c2cc(CC(C)C)c([Si](C)(C)C)c[n+]2C1CC(=C)NC. The maximum absolute atomic E-state index is 4.34. The molecule has 0 aliphatic carbocycles. The van der Waals surface area contributed by atoms with Gasteiger partial charge >= 0.3 is 0 Å². The van der Waals surface area contributed by atoms with Gasteiger partial charge in [-0.3, -0.25) is 0 Å². The number of hydrogen-bond donors (Lipinski definition) is 1. The van der Waals surface area contributed by atoms with Crippen molar-refractivity contribution in [1.29, 1.82) is 0 Å². The lowest BCUT2D eigenvalue weighted by atomic mass is 9.78. The lowest BCUT2D eigenvalue weighted by molar-refractivity contribution is -0.717. The number of benzene rings is 1.